The number of hydrogen-bond acceptors (Lipinski definition) is 6. The SMILES string of the molecule is COC1(c2noc(-c3cnn(C)c3N)n2)CCCC1. The van der Waals surface area contributed by atoms with E-state index in [0.29, 0.717) is 23.1 Å². The number of rotatable bonds is 3. The monoisotopic (exact) mass is 263 g/mol. The van der Waals surface area contributed by atoms with Gasteiger partial charge in [0.15, 0.2) is 0 Å². The molecular formula is C12H17N5O2. The molecule has 2 N–H and O–H groups in total. The van der Waals surface area contributed by atoms with E-state index in [1.165, 1.54) is 0 Å². The van der Waals surface area contributed by atoms with Crippen LogP contribution in [-0.4, -0.2) is 27.0 Å². The van der Waals surface area contributed by atoms with E-state index in [1.807, 2.05) is 0 Å². The molecule has 1 saturated carbocycles. The second-order valence-electron chi connectivity index (χ2n) is 4.90. The number of nitrogen functional groups attached to an aromatic ring is 1. The summed E-state index contributed by atoms with van der Waals surface area (Å²) in [6, 6.07) is 0. The van der Waals surface area contributed by atoms with E-state index >= 15 is 0 Å². The van der Waals surface area contributed by atoms with Gasteiger partial charge in [-0.1, -0.05) is 5.16 Å². The molecule has 102 valence electrons. The average Bonchev–Trinajstić information content (AvgIpc) is 3.11. The molecule has 0 atom stereocenters. The summed E-state index contributed by atoms with van der Waals surface area (Å²) in [6.07, 6.45) is 5.70. The van der Waals surface area contributed by atoms with Gasteiger partial charge in [-0.3, -0.25) is 4.68 Å². The van der Waals surface area contributed by atoms with Crippen LogP contribution in [0.4, 0.5) is 5.82 Å². The van der Waals surface area contributed by atoms with Crippen LogP contribution in [0.25, 0.3) is 11.5 Å². The van der Waals surface area contributed by atoms with Gasteiger partial charge in [-0.2, -0.15) is 10.1 Å². The molecule has 1 aliphatic rings. The third-order valence-corrected chi connectivity index (χ3v) is 3.85. The third kappa shape index (κ3) is 1.81. The second-order valence-corrected chi connectivity index (χ2v) is 4.90. The number of nitrogens with zero attached hydrogens (tertiary/aromatic N) is 4. The number of aryl methyl sites for hydroxylation is 1. The number of hydrogen-bond donors (Lipinski definition) is 1. The molecule has 2 heterocycles. The molecule has 2 aromatic heterocycles. The Morgan fingerprint density at radius 2 is 2.16 bits per heavy atom. The maximum Gasteiger partial charge on any atom is 0.263 e. The highest BCUT2D eigenvalue weighted by atomic mass is 16.5. The van der Waals surface area contributed by atoms with Crippen LogP contribution in [0, 0.1) is 0 Å². The maximum absolute atomic E-state index is 5.90. The van der Waals surface area contributed by atoms with Gasteiger partial charge in [-0.05, 0) is 25.7 Å². The van der Waals surface area contributed by atoms with Crippen LogP contribution in [0.2, 0.25) is 0 Å². The lowest BCUT2D eigenvalue weighted by Gasteiger charge is -2.22. The van der Waals surface area contributed by atoms with Gasteiger partial charge >= 0.3 is 0 Å². The van der Waals surface area contributed by atoms with Gasteiger partial charge in [-0.25, -0.2) is 0 Å². The van der Waals surface area contributed by atoms with Gasteiger partial charge < -0.3 is 15.0 Å². The van der Waals surface area contributed by atoms with Crippen molar-refractivity contribution < 1.29 is 9.26 Å². The number of methoxy groups -OCH3 is 1. The summed E-state index contributed by atoms with van der Waals surface area (Å²) in [7, 11) is 3.46. The first-order valence-electron chi connectivity index (χ1n) is 6.33. The van der Waals surface area contributed by atoms with Crippen molar-refractivity contribution in [3.05, 3.63) is 12.0 Å². The molecule has 2 aromatic rings. The van der Waals surface area contributed by atoms with Crippen molar-refractivity contribution in [2.75, 3.05) is 12.8 Å². The lowest BCUT2D eigenvalue weighted by molar-refractivity contribution is -0.0178. The van der Waals surface area contributed by atoms with E-state index < -0.39 is 5.60 Å². The van der Waals surface area contributed by atoms with Gasteiger partial charge in [0.1, 0.15) is 17.0 Å². The molecule has 0 bridgehead atoms. The molecule has 7 nitrogen and oxygen atoms in total. The van der Waals surface area contributed by atoms with Crippen LogP contribution < -0.4 is 5.73 Å². The van der Waals surface area contributed by atoms with Gasteiger partial charge in [0.05, 0.1) is 6.20 Å². The van der Waals surface area contributed by atoms with Gasteiger partial charge in [0.2, 0.25) is 5.82 Å². The number of ether oxygens (including phenoxy) is 1. The Balaban J connectivity index is 1.97. The molecule has 1 fully saturated rings. The quantitative estimate of drug-likeness (QED) is 0.901. The molecule has 0 unspecified atom stereocenters. The van der Waals surface area contributed by atoms with Crippen LogP contribution >= 0.6 is 0 Å². The number of nitrogens with two attached hydrogens (primary N) is 1. The molecule has 0 saturated heterocycles. The Labute approximate surface area is 110 Å². The van der Waals surface area contributed by atoms with Gasteiger partial charge in [0.25, 0.3) is 5.89 Å². The minimum absolute atomic E-state index is 0.393. The van der Waals surface area contributed by atoms with Crippen LogP contribution in [0.15, 0.2) is 10.7 Å². The zero-order valence-electron chi connectivity index (χ0n) is 11.1. The van der Waals surface area contributed by atoms with Crippen molar-refractivity contribution in [3.8, 4) is 11.5 Å². The lowest BCUT2D eigenvalue weighted by atomic mass is 10.0. The first kappa shape index (κ1) is 12.2. The van der Waals surface area contributed by atoms with E-state index in [2.05, 4.69) is 15.2 Å². The number of aromatic nitrogens is 4. The average molecular weight is 263 g/mol. The summed E-state index contributed by atoms with van der Waals surface area (Å²) in [5, 5.41) is 8.13. The van der Waals surface area contributed by atoms with E-state index in [9.17, 15) is 0 Å². The second kappa shape index (κ2) is 4.34. The standard InChI is InChI=1S/C12H17N5O2/c1-17-9(13)8(7-14-17)10-15-11(16-19-10)12(18-2)5-3-4-6-12/h7H,3-6,13H2,1-2H3. The minimum atomic E-state index is -0.404. The predicted molar refractivity (Wildman–Crippen MR) is 68.1 cm³/mol. The summed E-state index contributed by atoms with van der Waals surface area (Å²) in [6.45, 7) is 0. The van der Waals surface area contributed by atoms with Crippen LogP contribution in [0.1, 0.15) is 31.5 Å². The summed E-state index contributed by atoms with van der Waals surface area (Å²) < 4.78 is 12.5. The fourth-order valence-electron chi connectivity index (χ4n) is 2.59. The fraction of sp³-hybridized carbons (Fsp3) is 0.583. The summed E-state index contributed by atoms with van der Waals surface area (Å²) in [5.74, 6) is 1.50. The van der Waals surface area contributed by atoms with Crippen LogP contribution in [0.3, 0.4) is 0 Å². The highest BCUT2D eigenvalue weighted by Crippen LogP contribution is 2.40. The van der Waals surface area contributed by atoms with Crippen molar-refractivity contribution >= 4 is 5.82 Å². The first-order chi connectivity index (χ1) is 9.16. The first-order valence-corrected chi connectivity index (χ1v) is 6.33. The fourth-order valence-corrected chi connectivity index (χ4v) is 2.59. The van der Waals surface area contributed by atoms with E-state index in [4.69, 9.17) is 15.0 Å². The van der Waals surface area contributed by atoms with Crippen LogP contribution in [0.5, 0.6) is 0 Å². The minimum Gasteiger partial charge on any atom is -0.383 e. The maximum atomic E-state index is 5.90. The Kier molecular flexibility index (Phi) is 2.78. The Morgan fingerprint density at radius 3 is 2.74 bits per heavy atom. The predicted octanol–water partition coefficient (Wildman–Crippen LogP) is 1.47. The molecule has 7 heteroatoms. The van der Waals surface area contributed by atoms with Crippen molar-refractivity contribution in [3.63, 3.8) is 0 Å². The smallest absolute Gasteiger partial charge is 0.263 e. The molecule has 0 spiro atoms. The van der Waals surface area contributed by atoms with E-state index in [-0.39, 0.29) is 0 Å². The molecule has 19 heavy (non-hydrogen) atoms. The highest BCUT2D eigenvalue weighted by Gasteiger charge is 2.40. The normalized spacial score (nSPS) is 18.0. The van der Waals surface area contributed by atoms with E-state index in [1.54, 1.807) is 25.0 Å². The highest BCUT2D eigenvalue weighted by molar-refractivity contribution is 5.66. The van der Waals surface area contributed by atoms with Crippen molar-refractivity contribution in [1.82, 2.24) is 19.9 Å². The summed E-state index contributed by atoms with van der Waals surface area (Å²) in [5.41, 5.74) is 6.16. The molecule has 0 amide bonds. The summed E-state index contributed by atoms with van der Waals surface area (Å²) >= 11 is 0. The molecule has 0 aromatic carbocycles. The number of anilines is 1. The van der Waals surface area contributed by atoms with Crippen LogP contribution in [-0.2, 0) is 17.4 Å². The topological polar surface area (TPSA) is 92.0 Å². The van der Waals surface area contributed by atoms with Crippen molar-refractivity contribution in [1.29, 1.82) is 0 Å². The summed E-state index contributed by atoms with van der Waals surface area (Å²) in [4.78, 5) is 4.44. The Hall–Kier alpha value is -1.89. The molecule has 1 aliphatic carbocycles. The van der Waals surface area contributed by atoms with Gasteiger partial charge in [0, 0.05) is 14.2 Å². The van der Waals surface area contributed by atoms with Crippen molar-refractivity contribution in [2.45, 2.75) is 31.3 Å². The van der Waals surface area contributed by atoms with E-state index in [0.717, 1.165) is 25.7 Å². The zero-order valence-corrected chi connectivity index (χ0v) is 11.1. The molecular weight excluding hydrogens is 246 g/mol. The molecule has 0 radical (unpaired) electrons. The van der Waals surface area contributed by atoms with Crippen molar-refractivity contribution in [2.24, 2.45) is 7.05 Å². The molecule has 0 aliphatic heterocycles. The Bertz CT molecular complexity index is 583. The third-order valence-electron chi connectivity index (χ3n) is 3.85. The lowest BCUT2D eigenvalue weighted by Crippen LogP contribution is -2.25. The zero-order chi connectivity index (χ0) is 13.5. The Morgan fingerprint density at radius 1 is 1.42 bits per heavy atom. The van der Waals surface area contributed by atoms with Gasteiger partial charge in [-0.15, -0.1) is 0 Å². The molecule has 3 rings (SSSR count). The largest absolute Gasteiger partial charge is 0.383 e.